The highest BCUT2D eigenvalue weighted by Gasteiger charge is 2.44. The lowest BCUT2D eigenvalue weighted by Crippen LogP contribution is -2.42. The van der Waals surface area contributed by atoms with Crippen molar-refractivity contribution in [1.82, 2.24) is 10.2 Å². The zero-order chi connectivity index (χ0) is 11.8. The van der Waals surface area contributed by atoms with Crippen LogP contribution in [-0.2, 0) is 0 Å². The van der Waals surface area contributed by atoms with Gasteiger partial charge in [-0.05, 0) is 63.5 Å². The van der Waals surface area contributed by atoms with Gasteiger partial charge < -0.3 is 5.32 Å². The standard InChI is InChI=1S/C15H28N2/c1-3-12-4-6-14(7-5-12)17-10-13-8-16-9-15(13)11(17)2/h11-16H,3-10H2,1-2H3. The van der Waals surface area contributed by atoms with E-state index in [-0.39, 0.29) is 0 Å². The van der Waals surface area contributed by atoms with E-state index in [2.05, 4.69) is 24.1 Å². The van der Waals surface area contributed by atoms with Gasteiger partial charge in [-0.3, -0.25) is 4.90 Å². The van der Waals surface area contributed by atoms with Crippen molar-refractivity contribution in [3.8, 4) is 0 Å². The summed E-state index contributed by atoms with van der Waals surface area (Å²) in [6.07, 6.45) is 7.30. The molecule has 98 valence electrons. The molecule has 0 aromatic heterocycles. The molecule has 2 saturated heterocycles. The zero-order valence-electron chi connectivity index (χ0n) is 11.5. The van der Waals surface area contributed by atoms with E-state index in [1.165, 1.54) is 51.7 Å². The Labute approximate surface area is 106 Å². The number of hydrogen-bond acceptors (Lipinski definition) is 2. The fourth-order valence-electron chi connectivity index (χ4n) is 4.57. The van der Waals surface area contributed by atoms with Crippen LogP contribution in [0, 0.1) is 17.8 Å². The highest BCUT2D eigenvalue weighted by atomic mass is 15.2. The fraction of sp³-hybridized carbons (Fsp3) is 1.00. The van der Waals surface area contributed by atoms with Gasteiger partial charge in [-0.2, -0.15) is 0 Å². The van der Waals surface area contributed by atoms with Crippen molar-refractivity contribution in [2.45, 2.75) is 58.0 Å². The van der Waals surface area contributed by atoms with Crippen molar-refractivity contribution >= 4 is 0 Å². The molecule has 2 nitrogen and oxygen atoms in total. The summed E-state index contributed by atoms with van der Waals surface area (Å²) >= 11 is 0. The first-order valence-corrected chi connectivity index (χ1v) is 7.76. The summed E-state index contributed by atoms with van der Waals surface area (Å²) in [6, 6.07) is 1.75. The molecule has 2 heterocycles. The molecule has 0 amide bonds. The first-order valence-electron chi connectivity index (χ1n) is 7.76. The van der Waals surface area contributed by atoms with E-state index in [0.29, 0.717) is 0 Å². The maximum Gasteiger partial charge on any atom is 0.0114 e. The topological polar surface area (TPSA) is 15.3 Å². The van der Waals surface area contributed by atoms with Crippen LogP contribution >= 0.6 is 0 Å². The molecule has 3 fully saturated rings. The van der Waals surface area contributed by atoms with Crippen molar-refractivity contribution < 1.29 is 0 Å². The van der Waals surface area contributed by atoms with Crippen molar-refractivity contribution in [2.75, 3.05) is 19.6 Å². The maximum absolute atomic E-state index is 3.57. The molecule has 2 heteroatoms. The molecule has 3 atom stereocenters. The molecule has 1 saturated carbocycles. The molecule has 0 spiro atoms. The fourth-order valence-corrected chi connectivity index (χ4v) is 4.57. The first kappa shape index (κ1) is 12.0. The van der Waals surface area contributed by atoms with Gasteiger partial charge in [0.25, 0.3) is 0 Å². The number of fused-ring (bicyclic) bond motifs is 1. The van der Waals surface area contributed by atoms with E-state index in [4.69, 9.17) is 0 Å². The molecule has 3 rings (SSSR count). The second-order valence-corrected chi connectivity index (χ2v) is 6.60. The third-order valence-electron chi connectivity index (χ3n) is 5.84. The Balaban J connectivity index is 1.59. The summed E-state index contributed by atoms with van der Waals surface area (Å²) in [5, 5.41) is 3.57. The van der Waals surface area contributed by atoms with Crippen molar-refractivity contribution in [3.63, 3.8) is 0 Å². The average Bonchev–Trinajstić information content (AvgIpc) is 2.93. The van der Waals surface area contributed by atoms with Gasteiger partial charge in [-0.15, -0.1) is 0 Å². The van der Waals surface area contributed by atoms with Gasteiger partial charge in [0.05, 0.1) is 0 Å². The highest BCUT2D eigenvalue weighted by Crippen LogP contribution is 2.38. The molecule has 1 aliphatic carbocycles. The van der Waals surface area contributed by atoms with Crippen LogP contribution in [0.25, 0.3) is 0 Å². The lowest BCUT2D eigenvalue weighted by atomic mass is 9.83. The van der Waals surface area contributed by atoms with Gasteiger partial charge in [0, 0.05) is 18.6 Å². The van der Waals surface area contributed by atoms with Gasteiger partial charge in [0.1, 0.15) is 0 Å². The summed E-state index contributed by atoms with van der Waals surface area (Å²) < 4.78 is 0. The minimum atomic E-state index is 0.832. The third kappa shape index (κ3) is 2.15. The van der Waals surface area contributed by atoms with Crippen LogP contribution in [-0.4, -0.2) is 36.6 Å². The molecule has 0 radical (unpaired) electrons. The Morgan fingerprint density at radius 1 is 1.12 bits per heavy atom. The normalized spacial score (nSPS) is 47.3. The van der Waals surface area contributed by atoms with E-state index in [9.17, 15) is 0 Å². The third-order valence-corrected chi connectivity index (χ3v) is 5.84. The van der Waals surface area contributed by atoms with Gasteiger partial charge in [-0.1, -0.05) is 13.3 Å². The lowest BCUT2D eigenvalue weighted by Gasteiger charge is -2.37. The number of hydrogen-bond donors (Lipinski definition) is 1. The van der Waals surface area contributed by atoms with Gasteiger partial charge in [0.2, 0.25) is 0 Å². The smallest absolute Gasteiger partial charge is 0.0114 e. The van der Waals surface area contributed by atoms with Crippen LogP contribution in [0.4, 0.5) is 0 Å². The molecular formula is C15H28N2. The average molecular weight is 236 g/mol. The number of likely N-dealkylation sites (tertiary alicyclic amines) is 1. The van der Waals surface area contributed by atoms with Crippen molar-refractivity contribution in [1.29, 1.82) is 0 Å². The summed E-state index contributed by atoms with van der Waals surface area (Å²) in [4.78, 5) is 2.86. The van der Waals surface area contributed by atoms with Crippen LogP contribution in [0.15, 0.2) is 0 Å². The molecule has 0 bridgehead atoms. The van der Waals surface area contributed by atoms with E-state index in [1.807, 2.05) is 0 Å². The minimum absolute atomic E-state index is 0.832. The summed E-state index contributed by atoms with van der Waals surface area (Å²) in [5.41, 5.74) is 0. The maximum atomic E-state index is 3.57. The SMILES string of the molecule is CCC1CCC(N2CC3CNCC3C2C)CC1. The van der Waals surface area contributed by atoms with Crippen LogP contribution in [0.3, 0.4) is 0 Å². The second-order valence-electron chi connectivity index (χ2n) is 6.60. The molecule has 0 aromatic rings. The van der Waals surface area contributed by atoms with E-state index < -0.39 is 0 Å². The van der Waals surface area contributed by atoms with Crippen LogP contribution < -0.4 is 5.32 Å². The Morgan fingerprint density at radius 3 is 2.53 bits per heavy atom. The van der Waals surface area contributed by atoms with Gasteiger partial charge in [-0.25, -0.2) is 0 Å². The molecule has 3 unspecified atom stereocenters. The van der Waals surface area contributed by atoms with E-state index in [1.54, 1.807) is 0 Å². The number of nitrogens with zero attached hydrogens (tertiary/aromatic N) is 1. The zero-order valence-corrected chi connectivity index (χ0v) is 11.5. The van der Waals surface area contributed by atoms with E-state index in [0.717, 1.165) is 29.8 Å². The Kier molecular flexibility index (Phi) is 3.45. The molecule has 2 aliphatic heterocycles. The number of rotatable bonds is 2. The van der Waals surface area contributed by atoms with Crippen LogP contribution in [0.2, 0.25) is 0 Å². The summed E-state index contributed by atoms with van der Waals surface area (Å²) in [5.74, 6) is 2.93. The first-order chi connectivity index (χ1) is 8.29. The van der Waals surface area contributed by atoms with Gasteiger partial charge >= 0.3 is 0 Å². The predicted octanol–water partition coefficient (Wildman–Crippen LogP) is 2.49. The molecule has 17 heavy (non-hydrogen) atoms. The molecular weight excluding hydrogens is 208 g/mol. The largest absolute Gasteiger partial charge is 0.316 e. The van der Waals surface area contributed by atoms with E-state index >= 15 is 0 Å². The summed E-state index contributed by atoms with van der Waals surface area (Å²) in [6.45, 7) is 8.76. The van der Waals surface area contributed by atoms with Crippen LogP contribution in [0.5, 0.6) is 0 Å². The Morgan fingerprint density at radius 2 is 1.88 bits per heavy atom. The minimum Gasteiger partial charge on any atom is -0.316 e. The second kappa shape index (κ2) is 4.89. The summed E-state index contributed by atoms with van der Waals surface area (Å²) in [7, 11) is 0. The number of nitrogens with one attached hydrogen (secondary N) is 1. The molecule has 3 aliphatic rings. The Bertz CT molecular complexity index is 258. The highest BCUT2D eigenvalue weighted by molar-refractivity contribution is 4.99. The van der Waals surface area contributed by atoms with Gasteiger partial charge in [0.15, 0.2) is 0 Å². The lowest BCUT2D eigenvalue weighted by molar-refractivity contribution is 0.117. The monoisotopic (exact) mass is 236 g/mol. The van der Waals surface area contributed by atoms with Crippen molar-refractivity contribution in [2.24, 2.45) is 17.8 Å². The Hall–Kier alpha value is -0.0800. The predicted molar refractivity (Wildman–Crippen MR) is 72.1 cm³/mol. The quantitative estimate of drug-likeness (QED) is 0.792. The molecule has 1 N–H and O–H groups in total. The van der Waals surface area contributed by atoms with Crippen LogP contribution in [0.1, 0.15) is 46.0 Å². The molecule has 0 aromatic carbocycles. The van der Waals surface area contributed by atoms with Crippen molar-refractivity contribution in [3.05, 3.63) is 0 Å².